The van der Waals surface area contributed by atoms with Gasteiger partial charge in [0.1, 0.15) is 29.3 Å². The van der Waals surface area contributed by atoms with Gasteiger partial charge in [0.15, 0.2) is 11.3 Å². The zero-order valence-electron chi connectivity index (χ0n) is 29.2. The number of hydrogen-bond donors (Lipinski definition) is 0. The first-order valence-electron chi connectivity index (χ1n) is 16.4. The van der Waals surface area contributed by atoms with Crippen LogP contribution in [0.1, 0.15) is 74.4 Å². The highest BCUT2D eigenvalue weighted by atomic mass is 19.3. The lowest BCUT2D eigenvalue weighted by atomic mass is 9.97. The smallest absolute Gasteiger partial charge is 0.338 e. The molecule has 0 radical (unpaired) electrons. The van der Waals surface area contributed by atoms with Crippen LogP contribution in [0.15, 0.2) is 112 Å². The Labute approximate surface area is 298 Å². The topological polar surface area (TPSA) is 104 Å². The van der Waals surface area contributed by atoms with Gasteiger partial charge in [-0.1, -0.05) is 42.5 Å². The number of hydrogen-bond acceptors (Lipinski definition) is 7. The van der Waals surface area contributed by atoms with Gasteiger partial charge in [-0.05, 0) is 107 Å². The van der Waals surface area contributed by atoms with Crippen molar-refractivity contribution in [2.75, 3.05) is 24.6 Å². The molecule has 0 unspecified atom stereocenters. The van der Waals surface area contributed by atoms with Gasteiger partial charge in [-0.2, -0.15) is 19.3 Å². The molecular weight excluding hydrogens is 650 g/mol. The normalized spacial score (nSPS) is 13.0. The summed E-state index contributed by atoms with van der Waals surface area (Å²) in [7, 11) is 0. The Morgan fingerprint density at radius 3 is 2.14 bits per heavy atom. The number of carbonyl (C=O) groups is 1. The number of rotatable bonds is 13. The summed E-state index contributed by atoms with van der Waals surface area (Å²) in [6, 6.07) is 24.7. The molecule has 0 saturated heterocycles. The number of esters is 1. The van der Waals surface area contributed by atoms with E-state index in [0.717, 1.165) is 49.7 Å². The van der Waals surface area contributed by atoms with E-state index in [9.17, 15) is 24.1 Å². The lowest BCUT2D eigenvalue weighted by Gasteiger charge is -2.23. The number of ether oxygens (including phenoxy) is 2. The molecule has 1 aromatic heterocycles. The van der Waals surface area contributed by atoms with Gasteiger partial charge in [-0.15, -0.1) is 0 Å². The molecule has 0 saturated carbocycles. The van der Waals surface area contributed by atoms with Crippen LogP contribution in [0, 0.1) is 29.2 Å². The zero-order chi connectivity index (χ0) is 37.2. The molecule has 1 aliphatic heterocycles. The quantitative estimate of drug-likeness (QED) is 0.0761. The lowest BCUT2D eigenvalue weighted by Crippen LogP contribution is -2.23. The number of allylic oxidation sites excluding steroid dienone is 2. The molecule has 8 nitrogen and oxygen atoms in total. The Balaban J connectivity index is 0.00000131. The molecule has 0 bridgehead atoms. The summed E-state index contributed by atoms with van der Waals surface area (Å²) < 4.78 is 38.4. The molecule has 0 fully saturated rings. The highest BCUT2D eigenvalue weighted by Crippen LogP contribution is 2.41. The fourth-order valence-corrected chi connectivity index (χ4v) is 5.01. The third kappa shape index (κ3) is 11.7. The van der Waals surface area contributed by atoms with Crippen LogP contribution in [0.25, 0.3) is 23.1 Å². The maximum Gasteiger partial charge on any atom is 0.338 e. The third-order valence-corrected chi connectivity index (χ3v) is 7.71. The minimum Gasteiger partial charge on any atom is -0.493 e. The summed E-state index contributed by atoms with van der Waals surface area (Å²) in [5, 5.41) is 18.5. The second-order valence-corrected chi connectivity index (χ2v) is 11.6. The molecule has 51 heavy (non-hydrogen) atoms. The van der Waals surface area contributed by atoms with Crippen molar-refractivity contribution >= 4 is 29.9 Å². The number of carbonyl (C=O) groups excluding carboxylic acids is 1. The number of nitriles is 2. The van der Waals surface area contributed by atoms with E-state index in [2.05, 4.69) is 40.9 Å². The van der Waals surface area contributed by atoms with Crippen molar-refractivity contribution in [3.63, 3.8) is 0 Å². The van der Waals surface area contributed by atoms with Crippen LogP contribution >= 0.6 is 0 Å². The zero-order valence-corrected chi connectivity index (χ0v) is 29.2. The van der Waals surface area contributed by atoms with Crippen LogP contribution in [-0.2, 0) is 9.47 Å². The molecule has 2 heterocycles. The number of unbranched alkanes of at least 4 members (excludes halogenated alkanes) is 2. The molecule has 0 aliphatic carbocycles. The molecule has 0 amide bonds. The second kappa shape index (κ2) is 19.7. The predicted octanol–water partition coefficient (Wildman–Crippen LogP) is 10.4. The Kier molecular flexibility index (Phi) is 15.2. The van der Waals surface area contributed by atoms with Gasteiger partial charge < -0.3 is 18.8 Å². The summed E-state index contributed by atoms with van der Waals surface area (Å²) in [5.41, 5.74) is 2.39. The molecular formula is C41H40F2N4O4. The maximum atomic E-state index is 12.1. The van der Waals surface area contributed by atoms with Crippen LogP contribution in [-0.4, -0.2) is 31.3 Å². The van der Waals surface area contributed by atoms with E-state index in [1.54, 1.807) is 50.3 Å². The van der Waals surface area contributed by atoms with Crippen molar-refractivity contribution in [3.05, 3.63) is 142 Å². The summed E-state index contributed by atoms with van der Waals surface area (Å²) >= 11 is 0. The van der Waals surface area contributed by atoms with E-state index < -0.39 is 11.7 Å². The number of furan rings is 1. The Morgan fingerprint density at radius 1 is 0.941 bits per heavy atom. The van der Waals surface area contributed by atoms with Crippen LogP contribution in [0.3, 0.4) is 0 Å². The Hall–Kier alpha value is -6.18. The first-order chi connectivity index (χ1) is 24.6. The first kappa shape index (κ1) is 39.3. The molecule has 0 N–H and O–H groups in total. The standard InChI is InChI=1S/C38H36N4O4.C3H4F2/c1-5-42(24-10-7-11-25-44-37(43)29-12-8-6-9-13-29)31-17-14-28(15-18-31)16-19-32-20-21-33(45-32)22-23-34-35(41-4)36(30(26-39)27-40)46-38(34,2)3;1-2-3(4)5/h6,8-9,12-23H,5,7,10-11,24-25H2,1-3H3;2H,1H3/b19-16+,23-22+;. The van der Waals surface area contributed by atoms with Gasteiger partial charge in [0, 0.05) is 24.4 Å². The molecule has 0 atom stereocenters. The average molecular weight is 691 g/mol. The summed E-state index contributed by atoms with van der Waals surface area (Å²) in [6.07, 6.45) is 9.31. The lowest BCUT2D eigenvalue weighted by molar-refractivity contribution is 0.0498. The van der Waals surface area contributed by atoms with Gasteiger partial charge >= 0.3 is 5.97 Å². The highest BCUT2D eigenvalue weighted by molar-refractivity contribution is 5.89. The van der Waals surface area contributed by atoms with Crippen molar-refractivity contribution < 1.29 is 27.5 Å². The van der Waals surface area contributed by atoms with Gasteiger partial charge in [-0.3, -0.25) is 0 Å². The van der Waals surface area contributed by atoms with E-state index in [4.69, 9.17) is 20.5 Å². The van der Waals surface area contributed by atoms with Gasteiger partial charge in [0.05, 0.1) is 18.7 Å². The van der Waals surface area contributed by atoms with Crippen LogP contribution < -0.4 is 4.90 Å². The number of nitrogens with zero attached hydrogens (tertiary/aromatic N) is 4. The second-order valence-electron chi connectivity index (χ2n) is 11.6. The van der Waals surface area contributed by atoms with Crippen LogP contribution in [0.4, 0.5) is 14.5 Å². The van der Waals surface area contributed by atoms with Gasteiger partial charge in [-0.25, -0.2) is 9.64 Å². The number of halogens is 2. The van der Waals surface area contributed by atoms with Crippen molar-refractivity contribution in [3.8, 4) is 12.1 Å². The molecule has 10 heteroatoms. The summed E-state index contributed by atoms with van der Waals surface area (Å²) in [6.45, 7) is 16.8. The van der Waals surface area contributed by atoms with E-state index in [1.165, 1.54) is 6.92 Å². The van der Waals surface area contributed by atoms with E-state index in [-0.39, 0.29) is 23.0 Å². The minimum atomic E-state index is -1.62. The Bertz CT molecular complexity index is 1900. The number of anilines is 1. The molecule has 262 valence electrons. The minimum absolute atomic E-state index is 0.0137. The SMILES string of the molecule is CC=C(F)F.[C-]#[N+]C1=C(/C=C/c2ccc(/C=C/c3ccc(N(CC)CCCCCOC(=O)c4ccccc4)cc3)o2)C(C)(C)OC1=C(C#N)C#N. The van der Waals surface area contributed by atoms with Crippen LogP contribution in [0.2, 0.25) is 0 Å². The average Bonchev–Trinajstić information content (AvgIpc) is 3.70. The monoisotopic (exact) mass is 690 g/mol. The van der Waals surface area contributed by atoms with Gasteiger partial charge in [0.2, 0.25) is 5.70 Å². The maximum absolute atomic E-state index is 12.1. The fraction of sp³-hybridized carbons (Fsp3) is 0.268. The molecule has 2 aromatic carbocycles. The van der Waals surface area contributed by atoms with Crippen molar-refractivity contribution in [1.82, 2.24) is 0 Å². The predicted molar refractivity (Wildman–Crippen MR) is 195 cm³/mol. The molecule has 3 aromatic rings. The number of benzene rings is 2. The molecule has 4 rings (SSSR count). The van der Waals surface area contributed by atoms with E-state index >= 15 is 0 Å². The fourth-order valence-electron chi connectivity index (χ4n) is 5.01. The van der Waals surface area contributed by atoms with Crippen LogP contribution in [0.5, 0.6) is 0 Å². The van der Waals surface area contributed by atoms with Crippen molar-refractivity contribution in [2.24, 2.45) is 0 Å². The van der Waals surface area contributed by atoms with Crippen molar-refractivity contribution in [2.45, 2.75) is 52.6 Å². The summed E-state index contributed by atoms with van der Waals surface area (Å²) in [4.78, 5) is 17.9. The molecule has 0 spiro atoms. The third-order valence-electron chi connectivity index (χ3n) is 7.71. The van der Waals surface area contributed by atoms with E-state index in [0.29, 0.717) is 29.3 Å². The largest absolute Gasteiger partial charge is 0.493 e. The van der Waals surface area contributed by atoms with Gasteiger partial charge in [0.25, 0.3) is 6.08 Å². The molecule has 1 aliphatic rings. The van der Waals surface area contributed by atoms with E-state index in [1.807, 2.05) is 42.5 Å². The Morgan fingerprint density at radius 2 is 1.57 bits per heavy atom. The first-order valence-corrected chi connectivity index (χ1v) is 16.4. The highest BCUT2D eigenvalue weighted by Gasteiger charge is 2.38. The van der Waals surface area contributed by atoms with Crippen molar-refractivity contribution in [1.29, 1.82) is 10.5 Å². The summed E-state index contributed by atoms with van der Waals surface area (Å²) in [5.74, 6) is 1.00.